The first-order valence-corrected chi connectivity index (χ1v) is 5.89. The van der Waals surface area contributed by atoms with Crippen LogP contribution >= 0.6 is 0 Å². The fraction of sp³-hybridized carbons (Fsp3) is 0.429. The Morgan fingerprint density at radius 2 is 1.88 bits per heavy atom. The summed E-state index contributed by atoms with van der Waals surface area (Å²) in [5, 5.41) is 3.35. The Kier molecular flexibility index (Phi) is 6.50. The van der Waals surface area contributed by atoms with Crippen LogP contribution in [0, 0.1) is 5.82 Å². The molecule has 2 heteroatoms. The molecule has 1 rings (SSSR count). The smallest absolute Gasteiger partial charge is 0.123 e. The highest BCUT2D eigenvalue weighted by atomic mass is 19.1. The highest BCUT2D eigenvalue weighted by Crippen LogP contribution is 2.03. The molecule has 0 unspecified atom stereocenters. The van der Waals surface area contributed by atoms with Crippen LogP contribution in [0.5, 0.6) is 0 Å². The summed E-state index contributed by atoms with van der Waals surface area (Å²) in [6.45, 7) is 5.54. The van der Waals surface area contributed by atoms with Gasteiger partial charge in [0.25, 0.3) is 0 Å². The minimum absolute atomic E-state index is 0.173. The standard InChI is InChI=1S/C14H20FN/c1-2-3-4-5-6-11-16-12-13-7-9-14(15)10-8-13/h2,7-10,16H,1,3-6,11-12H2. The average Bonchev–Trinajstić information content (AvgIpc) is 2.30. The number of nitrogens with one attached hydrogen (secondary N) is 1. The van der Waals surface area contributed by atoms with Crippen molar-refractivity contribution < 1.29 is 4.39 Å². The van der Waals surface area contributed by atoms with Crippen molar-refractivity contribution in [2.75, 3.05) is 6.54 Å². The monoisotopic (exact) mass is 221 g/mol. The molecule has 0 spiro atoms. The lowest BCUT2D eigenvalue weighted by atomic mass is 10.2. The molecule has 0 bridgehead atoms. The van der Waals surface area contributed by atoms with Crippen LogP contribution in [0.3, 0.4) is 0 Å². The maximum absolute atomic E-state index is 12.6. The van der Waals surface area contributed by atoms with Crippen LogP contribution in [0.4, 0.5) is 4.39 Å². The molecule has 1 aromatic carbocycles. The molecule has 0 amide bonds. The summed E-state index contributed by atoms with van der Waals surface area (Å²) < 4.78 is 12.6. The van der Waals surface area contributed by atoms with Crippen LogP contribution in [0.15, 0.2) is 36.9 Å². The molecule has 0 aliphatic carbocycles. The summed E-state index contributed by atoms with van der Waals surface area (Å²) in [7, 11) is 0. The third kappa shape index (κ3) is 5.66. The minimum atomic E-state index is -0.173. The van der Waals surface area contributed by atoms with Crippen LogP contribution in [-0.2, 0) is 6.54 Å². The van der Waals surface area contributed by atoms with Crippen molar-refractivity contribution in [1.82, 2.24) is 5.32 Å². The second-order valence-corrected chi connectivity index (χ2v) is 3.94. The van der Waals surface area contributed by atoms with Gasteiger partial charge < -0.3 is 5.32 Å². The van der Waals surface area contributed by atoms with E-state index in [1.807, 2.05) is 18.2 Å². The van der Waals surface area contributed by atoms with Gasteiger partial charge in [0.05, 0.1) is 0 Å². The molecule has 0 aromatic heterocycles. The first-order valence-electron chi connectivity index (χ1n) is 5.89. The van der Waals surface area contributed by atoms with Crippen molar-refractivity contribution in [3.05, 3.63) is 48.3 Å². The van der Waals surface area contributed by atoms with Gasteiger partial charge in [-0.1, -0.05) is 24.6 Å². The number of hydrogen-bond acceptors (Lipinski definition) is 1. The van der Waals surface area contributed by atoms with E-state index in [1.165, 1.54) is 31.4 Å². The lowest BCUT2D eigenvalue weighted by Gasteiger charge is -2.04. The van der Waals surface area contributed by atoms with Gasteiger partial charge in [0, 0.05) is 6.54 Å². The highest BCUT2D eigenvalue weighted by Gasteiger charge is 1.93. The number of hydrogen-bond donors (Lipinski definition) is 1. The molecule has 0 saturated carbocycles. The van der Waals surface area contributed by atoms with E-state index in [0.717, 1.165) is 25.1 Å². The second-order valence-electron chi connectivity index (χ2n) is 3.94. The van der Waals surface area contributed by atoms with Gasteiger partial charge in [0.2, 0.25) is 0 Å². The minimum Gasteiger partial charge on any atom is -0.313 e. The van der Waals surface area contributed by atoms with Gasteiger partial charge in [-0.15, -0.1) is 6.58 Å². The summed E-state index contributed by atoms with van der Waals surface area (Å²) in [5.74, 6) is -0.173. The molecule has 0 aliphatic heterocycles. The fourth-order valence-corrected chi connectivity index (χ4v) is 1.55. The van der Waals surface area contributed by atoms with Crippen molar-refractivity contribution in [2.45, 2.75) is 32.2 Å². The molecular weight excluding hydrogens is 201 g/mol. The molecular formula is C14H20FN. The molecule has 88 valence electrons. The molecule has 0 fully saturated rings. The summed E-state index contributed by atoms with van der Waals surface area (Å²) in [6, 6.07) is 6.64. The molecule has 1 nitrogen and oxygen atoms in total. The van der Waals surface area contributed by atoms with Gasteiger partial charge in [-0.05, 0) is 43.5 Å². The first-order chi connectivity index (χ1) is 7.83. The van der Waals surface area contributed by atoms with Crippen LogP contribution in [0.1, 0.15) is 31.2 Å². The fourth-order valence-electron chi connectivity index (χ4n) is 1.55. The summed E-state index contributed by atoms with van der Waals surface area (Å²) >= 11 is 0. The third-order valence-electron chi connectivity index (χ3n) is 2.50. The van der Waals surface area contributed by atoms with E-state index in [0.29, 0.717) is 0 Å². The van der Waals surface area contributed by atoms with Crippen molar-refractivity contribution in [1.29, 1.82) is 0 Å². The van der Waals surface area contributed by atoms with E-state index >= 15 is 0 Å². The Morgan fingerprint density at radius 3 is 2.56 bits per heavy atom. The number of allylic oxidation sites excluding steroid dienone is 1. The molecule has 0 saturated heterocycles. The SMILES string of the molecule is C=CCCCCCNCc1ccc(F)cc1. The summed E-state index contributed by atoms with van der Waals surface area (Å²) in [4.78, 5) is 0. The average molecular weight is 221 g/mol. The lowest BCUT2D eigenvalue weighted by Crippen LogP contribution is -2.14. The molecule has 0 heterocycles. The van der Waals surface area contributed by atoms with E-state index in [-0.39, 0.29) is 5.82 Å². The van der Waals surface area contributed by atoms with Gasteiger partial charge >= 0.3 is 0 Å². The largest absolute Gasteiger partial charge is 0.313 e. The first kappa shape index (κ1) is 12.9. The van der Waals surface area contributed by atoms with Crippen LogP contribution in [0.25, 0.3) is 0 Å². The molecule has 0 atom stereocenters. The van der Waals surface area contributed by atoms with E-state index in [9.17, 15) is 4.39 Å². The molecule has 16 heavy (non-hydrogen) atoms. The maximum Gasteiger partial charge on any atom is 0.123 e. The number of rotatable bonds is 8. The lowest BCUT2D eigenvalue weighted by molar-refractivity contribution is 0.603. The molecule has 0 aliphatic rings. The Hall–Kier alpha value is -1.15. The van der Waals surface area contributed by atoms with Gasteiger partial charge in [0.1, 0.15) is 5.82 Å². The number of halogens is 1. The van der Waals surface area contributed by atoms with Gasteiger partial charge in [0.15, 0.2) is 0 Å². The quantitative estimate of drug-likeness (QED) is 0.522. The zero-order valence-corrected chi connectivity index (χ0v) is 9.71. The zero-order valence-electron chi connectivity index (χ0n) is 9.71. The Balaban J connectivity index is 2.02. The van der Waals surface area contributed by atoms with Crippen LogP contribution in [0.2, 0.25) is 0 Å². The van der Waals surface area contributed by atoms with Crippen molar-refractivity contribution >= 4 is 0 Å². The maximum atomic E-state index is 12.6. The van der Waals surface area contributed by atoms with E-state index < -0.39 is 0 Å². The van der Waals surface area contributed by atoms with Gasteiger partial charge in [-0.25, -0.2) is 4.39 Å². The Labute approximate surface area is 97.4 Å². The summed E-state index contributed by atoms with van der Waals surface area (Å²) in [6.07, 6.45) is 6.73. The highest BCUT2D eigenvalue weighted by molar-refractivity contribution is 5.15. The summed E-state index contributed by atoms with van der Waals surface area (Å²) in [5.41, 5.74) is 1.13. The molecule has 1 N–H and O–H groups in total. The van der Waals surface area contributed by atoms with Crippen molar-refractivity contribution in [2.24, 2.45) is 0 Å². The number of unbranched alkanes of at least 4 members (excludes halogenated alkanes) is 3. The van der Waals surface area contributed by atoms with Crippen LogP contribution < -0.4 is 5.32 Å². The second kappa shape index (κ2) is 8.05. The van der Waals surface area contributed by atoms with E-state index in [2.05, 4.69) is 11.9 Å². The van der Waals surface area contributed by atoms with Crippen molar-refractivity contribution in [3.8, 4) is 0 Å². The van der Waals surface area contributed by atoms with Gasteiger partial charge in [-0.3, -0.25) is 0 Å². The van der Waals surface area contributed by atoms with E-state index in [4.69, 9.17) is 0 Å². The Bertz CT molecular complexity index is 292. The predicted octanol–water partition coefficient (Wildman–Crippen LogP) is 3.66. The normalized spacial score (nSPS) is 10.3. The zero-order chi connectivity index (χ0) is 11.6. The topological polar surface area (TPSA) is 12.0 Å². The van der Waals surface area contributed by atoms with Crippen LogP contribution in [-0.4, -0.2) is 6.54 Å². The van der Waals surface area contributed by atoms with Gasteiger partial charge in [-0.2, -0.15) is 0 Å². The predicted molar refractivity (Wildman–Crippen MR) is 66.8 cm³/mol. The van der Waals surface area contributed by atoms with Crippen molar-refractivity contribution in [3.63, 3.8) is 0 Å². The third-order valence-corrected chi connectivity index (χ3v) is 2.50. The Morgan fingerprint density at radius 1 is 1.12 bits per heavy atom. The molecule has 1 aromatic rings. The van der Waals surface area contributed by atoms with E-state index in [1.54, 1.807) is 0 Å². The molecule has 0 radical (unpaired) electrons. The number of benzene rings is 1.